The molecule has 0 aliphatic carbocycles. The molecule has 1 heterocycles. The second kappa shape index (κ2) is 8.76. The summed E-state index contributed by atoms with van der Waals surface area (Å²) < 4.78 is 10.6. The van der Waals surface area contributed by atoms with Gasteiger partial charge in [0.05, 0.1) is 25.5 Å². The highest BCUT2D eigenvalue weighted by atomic mass is 16.6. The van der Waals surface area contributed by atoms with E-state index in [1.807, 2.05) is 30.3 Å². The van der Waals surface area contributed by atoms with E-state index in [2.05, 4.69) is 10.3 Å². The molecule has 1 amide bonds. The van der Waals surface area contributed by atoms with Gasteiger partial charge in [-0.3, -0.25) is 4.98 Å². The van der Waals surface area contributed by atoms with Crippen molar-refractivity contribution in [1.29, 1.82) is 0 Å². The summed E-state index contributed by atoms with van der Waals surface area (Å²) >= 11 is 0. The predicted molar refractivity (Wildman–Crippen MR) is 80.3 cm³/mol. The molecule has 0 atom stereocenters. The van der Waals surface area contributed by atoms with Crippen LogP contribution >= 0.6 is 0 Å². The first kappa shape index (κ1) is 15.9. The van der Waals surface area contributed by atoms with E-state index in [-0.39, 0.29) is 13.2 Å². The molecule has 0 bridgehead atoms. The number of nitrogens with zero attached hydrogens (tertiary/aromatic N) is 1. The Balaban J connectivity index is 1.82. The fraction of sp³-hybridized carbons (Fsp3) is 0.250. The number of hydrogen-bond donors (Lipinski definition) is 2. The van der Waals surface area contributed by atoms with Gasteiger partial charge in [0.15, 0.2) is 0 Å². The van der Waals surface area contributed by atoms with E-state index >= 15 is 0 Å². The molecular weight excluding hydrogens is 284 g/mol. The summed E-state index contributed by atoms with van der Waals surface area (Å²) in [5.74, 6) is 0.378. The number of pyridine rings is 1. The van der Waals surface area contributed by atoms with Gasteiger partial charge in [-0.1, -0.05) is 30.3 Å². The number of aliphatic hydroxyl groups is 1. The van der Waals surface area contributed by atoms with Gasteiger partial charge in [0, 0.05) is 18.8 Å². The summed E-state index contributed by atoms with van der Waals surface area (Å²) in [5, 5.41) is 11.0. The van der Waals surface area contributed by atoms with E-state index in [0.717, 1.165) is 5.56 Å². The van der Waals surface area contributed by atoms with E-state index in [1.165, 1.54) is 0 Å². The number of nitrogens with one attached hydrogen (secondary N) is 1. The number of carbonyl (C=O) groups excluding carboxylic acids is 1. The molecule has 0 aliphatic rings. The molecule has 6 nitrogen and oxygen atoms in total. The van der Waals surface area contributed by atoms with Crippen molar-refractivity contribution in [2.24, 2.45) is 0 Å². The molecular formula is C16H18N2O4. The van der Waals surface area contributed by atoms with Crippen LogP contribution in [0.2, 0.25) is 0 Å². The minimum atomic E-state index is -0.614. The average molecular weight is 302 g/mol. The van der Waals surface area contributed by atoms with Crippen molar-refractivity contribution in [2.45, 2.75) is 13.2 Å². The number of aliphatic hydroxyl groups excluding tert-OH is 1. The molecule has 0 fully saturated rings. The smallest absolute Gasteiger partial charge is 0.410 e. The third-order valence-electron chi connectivity index (χ3n) is 2.74. The van der Waals surface area contributed by atoms with Gasteiger partial charge >= 0.3 is 6.09 Å². The highest BCUT2D eigenvalue weighted by Crippen LogP contribution is 2.12. The second-order valence-electron chi connectivity index (χ2n) is 4.50. The first-order chi connectivity index (χ1) is 10.8. The van der Waals surface area contributed by atoms with E-state index in [4.69, 9.17) is 14.6 Å². The standard InChI is InChI=1S/C16H18N2O4/c19-9-8-18-16(20)22-15-6-7-17-14(10-15)12-21-11-13-4-2-1-3-5-13/h1-7,10,19H,8-9,11-12H2,(H,18,20). The number of aromatic nitrogens is 1. The van der Waals surface area contributed by atoms with Crippen LogP contribution in [-0.4, -0.2) is 29.3 Å². The lowest BCUT2D eigenvalue weighted by molar-refractivity contribution is 0.104. The van der Waals surface area contributed by atoms with E-state index < -0.39 is 6.09 Å². The van der Waals surface area contributed by atoms with Crippen LogP contribution in [0.1, 0.15) is 11.3 Å². The summed E-state index contributed by atoms with van der Waals surface area (Å²) in [4.78, 5) is 15.5. The molecule has 0 aliphatic heterocycles. The minimum Gasteiger partial charge on any atom is -0.410 e. The number of benzene rings is 1. The van der Waals surface area contributed by atoms with Crippen LogP contribution in [0.3, 0.4) is 0 Å². The molecule has 2 rings (SSSR count). The number of ether oxygens (including phenoxy) is 2. The van der Waals surface area contributed by atoms with Crippen LogP contribution in [0.25, 0.3) is 0 Å². The van der Waals surface area contributed by atoms with Gasteiger partial charge in [-0.05, 0) is 11.6 Å². The Morgan fingerprint density at radius 1 is 1.18 bits per heavy atom. The van der Waals surface area contributed by atoms with Crippen LogP contribution < -0.4 is 10.1 Å². The van der Waals surface area contributed by atoms with E-state index in [1.54, 1.807) is 18.3 Å². The Morgan fingerprint density at radius 2 is 2.00 bits per heavy atom. The third-order valence-corrected chi connectivity index (χ3v) is 2.74. The van der Waals surface area contributed by atoms with Gasteiger partial charge in [-0.15, -0.1) is 0 Å². The summed E-state index contributed by atoms with van der Waals surface area (Å²) in [6, 6.07) is 13.1. The van der Waals surface area contributed by atoms with Crippen LogP contribution in [0.4, 0.5) is 4.79 Å². The highest BCUT2D eigenvalue weighted by molar-refractivity contribution is 5.70. The maximum absolute atomic E-state index is 11.4. The first-order valence-corrected chi connectivity index (χ1v) is 6.91. The van der Waals surface area contributed by atoms with Crippen molar-refractivity contribution in [3.63, 3.8) is 0 Å². The van der Waals surface area contributed by atoms with Gasteiger partial charge in [-0.2, -0.15) is 0 Å². The van der Waals surface area contributed by atoms with Gasteiger partial charge in [-0.25, -0.2) is 4.79 Å². The SMILES string of the molecule is O=C(NCCO)Oc1ccnc(COCc2ccccc2)c1. The molecule has 0 radical (unpaired) electrons. The summed E-state index contributed by atoms with van der Waals surface area (Å²) in [6.07, 6.45) is 0.937. The number of carbonyl (C=O) groups is 1. The maximum atomic E-state index is 11.4. The van der Waals surface area contributed by atoms with Crippen LogP contribution in [-0.2, 0) is 18.0 Å². The molecule has 6 heteroatoms. The monoisotopic (exact) mass is 302 g/mol. The first-order valence-electron chi connectivity index (χ1n) is 6.91. The minimum absolute atomic E-state index is 0.135. The number of amides is 1. The number of hydrogen-bond acceptors (Lipinski definition) is 5. The maximum Gasteiger partial charge on any atom is 0.412 e. The second-order valence-corrected chi connectivity index (χ2v) is 4.50. The zero-order valence-corrected chi connectivity index (χ0v) is 12.1. The van der Waals surface area contributed by atoms with Crippen molar-refractivity contribution >= 4 is 6.09 Å². The lowest BCUT2D eigenvalue weighted by Crippen LogP contribution is -2.29. The Bertz CT molecular complexity index is 590. The Hall–Kier alpha value is -2.44. The zero-order valence-electron chi connectivity index (χ0n) is 12.1. The van der Waals surface area contributed by atoms with Gasteiger partial charge < -0.3 is 19.9 Å². The molecule has 1 aromatic carbocycles. The molecule has 22 heavy (non-hydrogen) atoms. The van der Waals surface area contributed by atoms with Crippen LogP contribution in [0, 0.1) is 0 Å². The topological polar surface area (TPSA) is 80.7 Å². The summed E-state index contributed by atoms with van der Waals surface area (Å²) in [5.41, 5.74) is 1.75. The quantitative estimate of drug-likeness (QED) is 0.816. The molecule has 2 N–H and O–H groups in total. The molecule has 2 aromatic rings. The van der Waals surface area contributed by atoms with Gasteiger partial charge in [0.25, 0.3) is 0 Å². The zero-order chi connectivity index (χ0) is 15.6. The fourth-order valence-corrected chi connectivity index (χ4v) is 1.75. The van der Waals surface area contributed by atoms with Crippen LogP contribution in [0.5, 0.6) is 5.75 Å². The van der Waals surface area contributed by atoms with Gasteiger partial charge in [0.1, 0.15) is 5.75 Å². The molecule has 0 saturated carbocycles. The third kappa shape index (κ3) is 5.51. The average Bonchev–Trinajstić information content (AvgIpc) is 2.54. The molecule has 1 aromatic heterocycles. The van der Waals surface area contributed by atoms with Crippen molar-refractivity contribution in [3.05, 3.63) is 59.9 Å². The van der Waals surface area contributed by atoms with Crippen molar-refractivity contribution in [3.8, 4) is 5.75 Å². The van der Waals surface area contributed by atoms with Crippen molar-refractivity contribution in [2.75, 3.05) is 13.2 Å². The Morgan fingerprint density at radius 3 is 2.77 bits per heavy atom. The van der Waals surface area contributed by atoms with Gasteiger partial charge in [0.2, 0.25) is 0 Å². The summed E-state index contributed by atoms with van der Waals surface area (Å²) in [6.45, 7) is 0.829. The van der Waals surface area contributed by atoms with Crippen molar-refractivity contribution in [1.82, 2.24) is 10.3 Å². The van der Waals surface area contributed by atoms with Crippen LogP contribution in [0.15, 0.2) is 48.7 Å². The normalized spacial score (nSPS) is 10.2. The Kier molecular flexibility index (Phi) is 6.35. The van der Waals surface area contributed by atoms with E-state index in [0.29, 0.717) is 24.7 Å². The molecule has 116 valence electrons. The summed E-state index contributed by atoms with van der Waals surface area (Å²) in [7, 11) is 0. The molecule has 0 saturated heterocycles. The van der Waals surface area contributed by atoms with Crippen molar-refractivity contribution < 1.29 is 19.4 Å². The lowest BCUT2D eigenvalue weighted by Gasteiger charge is -2.07. The Labute approximate surface area is 128 Å². The molecule has 0 unspecified atom stereocenters. The highest BCUT2D eigenvalue weighted by Gasteiger charge is 2.05. The van der Waals surface area contributed by atoms with E-state index in [9.17, 15) is 4.79 Å². The molecule has 0 spiro atoms. The lowest BCUT2D eigenvalue weighted by atomic mass is 10.2. The fourth-order valence-electron chi connectivity index (χ4n) is 1.75. The number of rotatable bonds is 7. The predicted octanol–water partition coefficient (Wildman–Crippen LogP) is 1.88. The largest absolute Gasteiger partial charge is 0.412 e.